The number of hydrogen-bond acceptors (Lipinski definition) is 5. The molecule has 2 fully saturated rings. The van der Waals surface area contributed by atoms with Crippen LogP contribution in [0.5, 0.6) is 0 Å². The summed E-state index contributed by atoms with van der Waals surface area (Å²) < 4.78 is 5.82. The zero-order chi connectivity index (χ0) is 17.2. The number of rotatable bonds is 5. The van der Waals surface area contributed by atoms with Gasteiger partial charge in [-0.15, -0.1) is 0 Å². The maximum Gasteiger partial charge on any atom is 0.410 e. The lowest BCUT2D eigenvalue weighted by molar-refractivity contribution is -0.00128. The first kappa shape index (κ1) is 17.0. The third kappa shape index (κ3) is 3.48. The molecule has 2 N–H and O–H groups in total. The van der Waals surface area contributed by atoms with Crippen LogP contribution in [0.4, 0.5) is 10.6 Å². The molecular weight excluding hydrogens is 304 g/mol. The molecule has 1 atom stereocenters. The number of anilines is 1. The van der Waals surface area contributed by atoms with Crippen molar-refractivity contribution in [2.45, 2.75) is 57.7 Å². The molecule has 1 spiro atoms. The maximum absolute atomic E-state index is 12.2. The highest BCUT2D eigenvalue weighted by molar-refractivity contribution is 5.71. The van der Waals surface area contributed by atoms with Crippen LogP contribution in [-0.4, -0.2) is 52.2 Å². The van der Waals surface area contributed by atoms with E-state index in [1.807, 2.05) is 17.0 Å². The van der Waals surface area contributed by atoms with Crippen molar-refractivity contribution in [2.75, 3.05) is 25.4 Å². The van der Waals surface area contributed by atoms with Crippen molar-refractivity contribution in [3.8, 4) is 0 Å². The van der Waals surface area contributed by atoms with E-state index in [1.165, 1.54) is 0 Å². The minimum absolute atomic E-state index is 0.138. The number of nitrogens with zero attached hydrogens (tertiary/aromatic N) is 3. The molecule has 1 aromatic heterocycles. The Morgan fingerprint density at radius 3 is 2.83 bits per heavy atom. The van der Waals surface area contributed by atoms with Crippen LogP contribution in [0, 0.1) is 0 Å². The average Bonchev–Trinajstić information content (AvgIpc) is 2.89. The molecule has 2 saturated heterocycles. The van der Waals surface area contributed by atoms with Gasteiger partial charge in [0, 0.05) is 50.3 Å². The average molecular weight is 332 g/mol. The number of nitrogen functional groups attached to an aromatic ring is 1. The van der Waals surface area contributed by atoms with Crippen LogP contribution in [0.2, 0.25) is 0 Å². The van der Waals surface area contributed by atoms with Crippen LogP contribution in [0.15, 0.2) is 18.3 Å². The molecule has 0 aromatic carbocycles. The van der Waals surface area contributed by atoms with E-state index in [9.17, 15) is 4.79 Å². The Morgan fingerprint density at radius 2 is 2.17 bits per heavy atom. The van der Waals surface area contributed by atoms with Crippen molar-refractivity contribution >= 4 is 11.9 Å². The number of ether oxygens (including phenoxy) is 1. The lowest BCUT2D eigenvalue weighted by atomic mass is 9.90. The van der Waals surface area contributed by atoms with Gasteiger partial charge >= 0.3 is 6.09 Å². The second-order valence-electron chi connectivity index (χ2n) is 7.14. The molecule has 132 valence electrons. The molecule has 3 heterocycles. The van der Waals surface area contributed by atoms with E-state index >= 15 is 0 Å². The first-order valence-electron chi connectivity index (χ1n) is 8.94. The number of amides is 1. The highest BCUT2D eigenvalue weighted by Crippen LogP contribution is 2.35. The molecule has 0 bridgehead atoms. The summed E-state index contributed by atoms with van der Waals surface area (Å²) in [5, 5.41) is 0. The molecule has 3 rings (SSSR count). The lowest BCUT2D eigenvalue weighted by Crippen LogP contribution is -2.47. The van der Waals surface area contributed by atoms with Crippen LogP contribution in [0.25, 0.3) is 0 Å². The van der Waals surface area contributed by atoms with Gasteiger partial charge in [0.2, 0.25) is 0 Å². The van der Waals surface area contributed by atoms with Gasteiger partial charge in [-0.2, -0.15) is 0 Å². The van der Waals surface area contributed by atoms with Crippen molar-refractivity contribution in [3.05, 3.63) is 23.9 Å². The Balaban J connectivity index is 1.57. The van der Waals surface area contributed by atoms with Crippen molar-refractivity contribution in [3.63, 3.8) is 0 Å². The van der Waals surface area contributed by atoms with Gasteiger partial charge in [0.1, 0.15) is 11.4 Å². The smallest absolute Gasteiger partial charge is 0.410 e. The zero-order valence-electron chi connectivity index (χ0n) is 14.7. The van der Waals surface area contributed by atoms with Gasteiger partial charge in [-0.25, -0.2) is 9.78 Å². The van der Waals surface area contributed by atoms with Crippen molar-refractivity contribution in [1.29, 1.82) is 0 Å². The van der Waals surface area contributed by atoms with Crippen LogP contribution in [-0.2, 0) is 11.3 Å². The zero-order valence-corrected chi connectivity index (χ0v) is 14.7. The molecule has 0 aliphatic carbocycles. The number of piperidine rings is 1. The number of likely N-dealkylation sites (tertiary alicyclic amines) is 1. The SMILES string of the molecule is CCC[C@@H](C)N1CC2(CCN(Cc3cccnc3N)CC2)OC1=O. The summed E-state index contributed by atoms with van der Waals surface area (Å²) in [6.07, 6.45) is 5.45. The quantitative estimate of drug-likeness (QED) is 0.897. The van der Waals surface area contributed by atoms with Crippen molar-refractivity contribution in [2.24, 2.45) is 0 Å². The van der Waals surface area contributed by atoms with Crippen LogP contribution < -0.4 is 5.73 Å². The molecule has 1 aromatic rings. The summed E-state index contributed by atoms with van der Waals surface area (Å²) in [5.74, 6) is 0.602. The molecule has 0 saturated carbocycles. The predicted octanol–water partition coefficient (Wildman–Crippen LogP) is 2.64. The first-order chi connectivity index (χ1) is 11.5. The van der Waals surface area contributed by atoms with E-state index in [1.54, 1.807) is 6.20 Å². The molecule has 0 radical (unpaired) electrons. The topological polar surface area (TPSA) is 71.7 Å². The van der Waals surface area contributed by atoms with E-state index in [4.69, 9.17) is 10.5 Å². The van der Waals surface area contributed by atoms with Gasteiger partial charge < -0.3 is 15.4 Å². The largest absolute Gasteiger partial charge is 0.441 e. The normalized spacial score (nSPS) is 21.9. The molecule has 0 unspecified atom stereocenters. The van der Waals surface area contributed by atoms with Crippen LogP contribution in [0.3, 0.4) is 0 Å². The monoisotopic (exact) mass is 332 g/mol. The summed E-state index contributed by atoms with van der Waals surface area (Å²) in [6, 6.07) is 4.20. The minimum atomic E-state index is -0.296. The highest BCUT2D eigenvalue weighted by Gasteiger charge is 2.47. The fourth-order valence-electron chi connectivity index (χ4n) is 3.76. The third-order valence-electron chi connectivity index (χ3n) is 5.32. The number of nitrogens with two attached hydrogens (primary N) is 1. The Hall–Kier alpha value is -1.82. The Kier molecular flexibility index (Phi) is 4.94. The van der Waals surface area contributed by atoms with Crippen LogP contribution >= 0.6 is 0 Å². The summed E-state index contributed by atoms with van der Waals surface area (Å²) in [7, 11) is 0. The maximum atomic E-state index is 12.2. The van der Waals surface area contributed by atoms with Gasteiger partial charge in [0.15, 0.2) is 0 Å². The Bertz CT molecular complexity index is 584. The fourth-order valence-corrected chi connectivity index (χ4v) is 3.76. The predicted molar refractivity (Wildman–Crippen MR) is 93.4 cm³/mol. The highest BCUT2D eigenvalue weighted by atomic mass is 16.6. The Morgan fingerprint density at radius 1 is 1.42 bits per heavy atom. The first-order valence-corrected chi connectivity index (χ1v) is 8.94. The Labute approximate surface area is 144 Å². The standard InChI is InChI=1S/C18H28N4O2/c1-3-5-14(2)22-13-18(24-17(22)23)7-10-21(11-8-18)12-15-6-4-9-20-16(15)19/h4,6,9,14H,3,5,7-8,10-13H2,1-2H3,(H2,19,20)/t14-/m1/s1. The summed E-state index contributed by atoms with van der Waals surface area (Å²) in [5.41, 5.74) is 6.71. The van der Waals surface area contributed by atoms with E-state index in [2.05, 4.69) is 23.7 Å². The second-order valence-corrected chi connectivity index (χ2v) is 7.14. The van der Waals surface area contributed by atoms with Gasteiger partial charge in [-0.1, -0.05) is 19.4 Å². The van der Waals surface area contributed by atoms with Gasteiger partial charge in [-0.3, -0.25) is 4.90 Å². The molecular formula is C18H28N4O2. The van der Waals surface area contributed by atoms with E-state index in [0.29, 0.717) is 5.82 Å². The van der Waals surface area contributed by atoms with Gasteiger partial charge in [0.05, 0.1) is 6.54 Å². The molecule has 6 heteroatoms. The number of carbonyl (C=O) groups is 1. The molecule has 2 aliphatic rings. The molecule has 2 aliphatic heterocycles. The minimum Gasteiger partial charge on any atom is -0.441 e. The summed E-state index contributed by atoms with van der Waals surface area (Å²) >= 11 is 0. The van der Waals surface area contributed by atoms with E-state index in [-0.39, 0.29) is 17.7 Å². The molecule has 6 nitrogen and oxygen atoms in total. The van der Waals surface area contributed by atoms with Crippen molar-refractivity contribution < 1.29 is 9.53 Å². The van der Waals surface area contributed by atoms with E-state index < -0.39 is 0 Å². The van der Waals surface area contributed by atoms with E-state index in [0.717, 1.165) is 57.4 Å². The molecule has 24 heavy (non-hydrogen) atoms. The lowest BCUT2D eigenvalue weighted by Gasteiger charge is -2.37. The second kappa shape index (κ2) is 6.97. The number of aromatic nitrogens is 1. The number of carbonyl (C=O) groups excluding carboxylic acids is 1. The van der Waals surface area contributed by atoms with Crippen molar-refractivity contribution in [1.82, 2.24) is 14.8 Å². The van der Waals surface area contributed by atoms with Crippen LogP contribution in [0.1, 0.15) is 45.1 Å². The number of hydrogen-bond donors (Lipinski definition) is 1. The summed E-state index contributed by atoms with van der Waals surface area (Å²) in [4.78, 5) is 20.7. The third-order valence-corrected chi connectivity index (χ3v) is 5.32. The molecule has 1 amide bonds. The van der Waals surface area contributed by atoms with Gasteiger partial charge in [0.25, 0.3) is 0 Å². The number of pyridine rings is 1. The fraction of sp³-hybridized carbons (Fsp3) is 0.667. The summed E-state index contributed by atoms with van der Waals surface area (Å²) in [6.45, 7) is 7.63. The van der Waals surface area contributed by atoms with Gasteiger partial charge in [-0.05, 0) is 19.4 Å².